The van der Waals surface area contributed by atoms with Gasteiger partial charge in [-0.3, -0.25) is 19.4 Å². The largest absolute Gasteiger partial charge is 0.341 e. The van der Waals surface area contributed by atoms with E-state index in [9.17, 15) is 4.79 Å². The van der Waals surface area contributed by atoms with E-state index in [0.717, 1.165) is 31.6 Å². The Morgan fingerprint density at radius 1 is 1.29 bits per heavy atom. The van der Waals surface area contributed by atoms with Gasteiger partial charge in [-0.05, 0) is 12.8 Å². The predicted molar refractivity (Wildman–Crippen MR) is 77.8 cm³/mol. The molecule has 1 amide bonds. The van der Waals surface area contributed by atoms with Crippen molar-refractivity contribution in [3.8, 4) is 0 Å². The minimum atomic E-state index is 0.0763. The monoisotopic (exact) mass is 305 g/mol. The lowest BCUT2D eigenvalue weighted by Crippen LogP contribution is -2.40. The van der Waals surface area contributed by atoms with E-state index in [4.69, 9.17) is 11.6 Å². The number of piperidine rings is 1. The Labute approximate surface area is 127 Å². The summed E-state index contributed by atoms with van der Waals surface area (Å²) in [5.74, 6) is 0.467. The summed E-state index contributed by atoms with van der Waals surface area (Å²) in [4.78, 5) is 22.5. The summed E-state index contributed by atoms with van der Waals surface area (Å²) >= 11 is 5.80. The molecule has 1 saturated heterocycles. The van der Waals surface area contributed by atoms with Crippen molar-refractivity contribution in [2.75, 3.05) is 13.1 Å². The molecule has 1 aliphatic heterocycles. The maximum Gasteiger partial charge on any atom is 0.244 e. The maximum atomic E-state index is 12.2. The van der Waals surface area contributed by atoms with Crippen molar-refractivity contribution < 1.29 is 4.79 Å². The average Bonchev–Trinajstić information content (AvgIpc) is 2.93. The molecule has 0 unspecified atom stereocenters. The van der Waals surface area contributed by atoms with Crippen molar-refractivity contribution >= 4 is 17.5 Å². The number of nitrogens with zero attached hydrogens (tertiary/aromatic N) is 5. The minimum Gasteiger partial charge on any atom is -0.341 e. The molecule has 2 aromatic heterocycles. The minimum absolute atomic E-state index is 0.0763. The van der Waals surface area contributed by atoms with Crippen molar-refractivity contribution in [2.45, 2.75) is 25.3 Å². The van der Waals surface area contributed by atoms with Crippen LogP contribution in [0.1, 0.15) is 24.5 Å². The van der Waals surface area contributed by atoms with Crippen LogP contribution in [-0.2, 0) is 11.3 Å². The summed E-state index contributed by atoms with van der Waals surface area (Å²) in [5.41, 5.74) is 1.02. The SMILES string of the molecule is O=C(Cn1cc(Cl)cn1)N1CCC(c2cnccn2)CC1. The summed E-state index contributed by atoms with van der Waals surface area (Å²) in [7, 11) is 0. The highest BCUT2D eigenvalue weighted by atomic mass is 35.5. The number of aromatic nitrogens is 4. The third-order valence-corrected chi connectivity index (χ3v) is 3.94. The molecule has 0 aliphatic carbocycles. The molecule has 7 heteroatoms. The first-order valence-corrected chi connectivity index (χ1v) is 7.32. The van der Waals surface area contributed by atoms with Gasteiger partial charge >= 0.3 is 0 Å². The van der Waals surface area contributed by atoms with E-state index in [1.807, 2.05) is 11.1 Å². The number of likely N-dealkylation sites (tertiary alicyclic amines) is 1. The summed E-state index contributed by atoms with van der Waals surface area (Å²) in [6.45, 7) is 1.73. The summed E-state index contributed by atoms with van der Waals surface area (Å²) in [5, 5.41) is 4.58. The van der Waals surface area contributed by atoms with Gasteiger partial charge in [-0.15, -0.1) is 0 Å². The van der Waals surface area contributed by atoms with Crippen LogP contribution in [0.15, 0.2) is 31.0 Å². The van der Waals surface area contributed by atoms with Gasteiger partial charge in [0.25, 0.3) is 0 Å². The quantitative estimate of drug-likeness (QED) is 0.866. The molecule has 3 heterocycles. The van der Waals surface area contributed by atoms with Crippen LogP contribution in [0.5, 0.6) is 0 Å². The van der Waals surface area contributed by atoms with Crippen molar-refractivity contribution in [2.24, 2.45) is 0 Å². The van der Waals surface area contributed by atoms with Crippen LogP contribution in [0.3, 0.4) is 0 Å². The molecule has 0 atom stereocenters. The van der Waals surface area contributed by atoms with Crippen LogP contribution in [0.4, 0.5) is 0 Å². The Kier molecular flexibility index (Phi) is 4.15. The Morgan fingerprint density at radius 3 is 2.71 bits per heavy atom. The highest BCUT2D eigenvalue weighted by Crippen LogP contribution is 2.26. The Hall–Kier alpha value is -1.95. The topological polar surface area (TPSA) is 63.9 Å². The first-order valence-electron chi connectivity index (χ1n) is 6.94. The van der Waals surface area contributed by atoms with Crippen LogP contribution in [0, 0.1) is 0 Å². The number of carbonyl (C=O) groups is 1. The van der Waals surface area contributed by atoms with E-state index < -0.39 is 0 Å². The zero-order valence-electron chi connectivity index (χ0n) is 11.5. The Bertz CT molecular complexity index is 607. The van der Waals surface area contributed by atoms with Gasteiger partial charge in [-0.25, -0.2) is 0 Å². The van der Waals surface area contributed by atoms with Gasteiger partial charge in [0, 0.05) is 43.8 Å². The molecule has 110 valence electrons. The predicted octanol–water partition coefficient (Wildman–Crippen LogP) is 1.73. The molecule has 1 aliphatic rings. The fourth-order valence-electron chi connectivity index (χ4n) is 2.61. The zero-order chi connectivity index (χ0) is 14.7. The van der Waals surface area contributed by atoms with Gasteiger partial charge in [0.15, 0.2) is 0 Å². The maximum absolute atomic E-state index is 12.2. The van der Waals surface area contributed by atoms with Gasteiger partial charge in [0.2, 0.25) is 5.91 Å². The van der Waals surface area contributed by atoms with Crippen LogP contribution >= 0.6 is 11.6 Å². The second kappa shape index (κ2) is 6.22. The van der Waals surface area contributed by atoms with Gasteiger partial charge in [-0.1, -0.05) is 11.6 Å². The molecule has 0 N–H and O–H groups in total. The highest BCUT2D eigenvalue weighted by molar-refractivity contribution is 6.30. The van der Waals surface area contributed by atoms with Crippen molar-refractivity contribution in [3.05, 3.63) is 41.7 Å². The molecular formula is C14H16ClN5O. The molecule has 3 rings (SSSR count). The summed E-state index contributed by atoms with van der Waals surface area (Å²) in [6, 6.07) is 0. The normalized spacial score (nSPS) is 16.1. The fourth-order valence-corrected chi connectivity index (χ4v) is 2.77. The van der Waals surface area contributed by atoms with E-state index in [0.29, 0.717) is 10.9 Å². The van der Waals surface area contributed by atoms with Gasteiger partial charge in [0.1, 0.15) is 6.54 Å². The summed E-state index contributed by atoms with van der Waals surface area (Å²) in [6.07, 6.45) is 10.2. The van der Waals surface area contributed by atoms with E-state index in [1.165, 1.54) is 6.20 Å². The van der Waals surface area contributed by atoms with Crippen LogP contribution in [0.2, 0.25) is 5.02 Å². The molecule has 21 heavy (non-hydrogen) atoms. The Balaban J connectivity index is 1.54. The smallest absolute Gasteiger partial charge is 0.244 e. The third kappa shape index (κ3) is 3.39. The first-order chi connectivity index (χ1) is 10.2. The lowest BCUT2D eigenvalue weighted by atomic mass is 9.94. The number of halogens is 1. The van der Waals surface area contributed by atoms with Crippen molar-refractivity contribution in [1.82, 2.24) is 24.6 Å². The molecule has 2 aromatic rings. The average molecular weight is 306 g/mol. The molecule has 0 radical (unpaired) electrons. The van der Waals surface area contributed by atoms with Gasteiger partial charge in [0.05, 0.1) is 16.9 Å². The number of hydrogen-bond acceptors (Lipinski definition) is 4. The standard InChI is InChI=1S/C14H16ClN5O/c15-12-7-18-20(9-12)10-14(21)19-5-1-11(2-6-19)13-8-16-3-4-17-13/h3-4,7-9,11H,1-2,5-6,10H2. The number of rotatable bonds is 3. The number of amides is 1. The second-order valence-electron chi connectivity index (χ2n) is 5.14. The molecule has 0 bridgehead atoms. The first kappa shape index (κ1) is 14.0. The van der Waals surface area contributed by atoms with Crippen LogP contribution in [0.25, 0.3) is 0 Å². The van der Waals surface area contributed by atoms with Crippen molar-refractivity contribution in [1.29, 1.82) is 0 Å². The second-order valence-corrected chi connectivity index (χ2v) is 5.58. The molecule has 6 nitrogen and oxygen atoms in total. The molecule has 0 aromatic carbocycles. The summed E-state index contributed by atoms with van der Waals surface area (Å²) < 4.78 is 1.57. The Morgan fingerprint density at radius 2 is 2.10 bits per heavy atom. The van der Waals surface area contributed by atoms with Crippen LogP contribution in [-0.4, -0.2) is 43.6 Å². The highest BCUT2D eigenvalue weighted by Gasteiger charge is 2.24. The van der Waals surface area contributed by atoms with Gasteiger partial charge < -0.3 is 4.90 Å². The number of hydrogen-bond donors (Lipinski definition) is 0. The lowest BCUT2D eigenvalue weighted by Gasteiger charge is -2.31. The third-order valence-electron chi connectivity index (χ3n) is 3.75. The van der Waals surface area contributed by atoms with E-state index in [1.54, 1.807) is 23.3 Å². The van der Waals surface area contributed by atoms with Crippen molar-refractivity contribution in [3.63, 3.8) is 0 Å². The fraction of sp³-hybridized carbons (Fsp3) is 0.429. The number of carbonyl (C=O) groups excluding carboxylic acids is 1. The molecule has 1 fully saturated rings. The van der Waals surface area contributed by atoms with E-state index >= 15 is 0 Å². The van der Waals surface area contributed by atoms with E-state index in [2.05, 4.69) is 15.1 Å². The van der Waals surface area contributed by atoms with Gasteiger partial charge in [-0.2, -0.15) is 5.10 Å². The molecule has 0 spiro atoms. The zero-order valence-corrected chi connectivity index (χ0v) is 12.3. The molecular weight excluding hydrogens is 290 g/mol. The lowest BCUT2D eigenvalue weighted by molar-refractivity contribution is -0.133. The molecule has 0 saturated carbocycles. The van der Waals surface area contributed by atoms with E-state index in [-0.39, 0.29) is 12.5 Å². The van der Waals surface area contributed by atoms with Crippen LogP contribution < -0.4 is 0 Å².